The standard InChI is InChI=1S/C19H24N4O4/c1-12-4-3-5-14(6-12)27-15-9-22(10-15)19(26)20-13-7-16-18(25)21(2)11-17(24)23(16)8-13/h3-6,13,15-16H,7-11H2,1-2H3,(H,20,26)/t13-,16+/m1/s1. The molecule has 1 N–H and O–H groups in total. The van der Waals surface area contributed by atoms with Gasteiger partial charge in [-0.2, -0.15) is 0 Å². The molecule has 0 radical (unpaired) electrons. The summed E-state index contributed by atoms with van der Waals surface area (Å²) in [6.45, 7) is 3.57. The molecule has 4 rings (SSSR count). The van der Waals surface area contributed by atoms with Crippen molar-refractivity contribution in [2.45, 2.75) is 31.5 Å². The van der Waals surface area contributed by atoms with Crippen LogP contribution < -0.4 is 10.1 Å². The van der Waals surface area contributed by atoms with Gasteiger partial charge in [0, 0.05) is 13.6 Å². The topological polar surface area (TPSA) is 82.2 Å². The van der Waals surface area contributed by atoms with Crippen molar-refractivity contribution >= 4 is 17.8 Å². The Morgan fingerprint density at radius 1 is 1.22 bits per heavy atom. The van der Waals surface area contributed by atoms with Gasteiger partial charge in [-0.05, 0) is 31.0 Å². The van der Waals surface area contributed by atoms with Crippen molar-refractivity contribution in [1.29, 1.82) is 0 Å². The maximum Gasteiger partial charge on any atom is 0.317 e. The van der Waals surface area contributed by atoms with Crippen LogP contribution in [0.15, 0.2) is 24.3 Å². The number of carbonyl (C=O) groups is 3. The largest absolute Gasteiger partial charge is 0.487 e. The van der Waals surface area contributed by atoms with Gasteiger partial charge in [-0.25, -0.2) is 4.79 Å². The first-order valence-electron chi connectivity index (χ1n) is 9.24. The first-order valence-corrected chi connectivity index (χ1v) is 9.24. The first-order chi connectivity index (χ1) is 12.9. The highest BCUT2D eigenvalue weighted by atomic mass is 16.5. The highest BCUT2D eigenvalue weighted by molar-refractivity contribution is 5.95. The number of amides is 4. The first kappa shape index (κ1) is 17.6. The molecule has 8 heteroatoms. The second-order valence-corrected chi connectivity index (χ2v) is 7.60. The summed E-state index contributed by atoms with van der Waals surface area (Å²) in [6, 6.07) is 7.03. The van der Waals surface area contributed by atoms with Crippen molar-refractivity contribution < 1.29 is 19.1 Å². The fourth-order valence-electron chi connectivity index (χ4n) is 3.90. The summed E-state index contributed by atoms with van der Waals surface area (Å²) in [5, 5.41) is 2.95. The maximum absolute atomic E-state index is 12.4. The van der Waals surface area contributed by atoms with Crippen LogP contribution in [-0.2, 0) is 9.59 Å². The number of carbonyl (C=O) groups excluding carboxylic acids is 3. The molecule has 0 spiro atoms. The van der Waals surface area contributed by atoms with Crippen LogP contribution in [-0.4, -0.2) is 84.0 Å². The van der Waals surface area contributed by atoms with Gasteiger partial charge in [0.1, 0.15) is 17.9 Å². The molecule has 27 heavy (non-hydrogen) atoms. The second kappa shape index (κ2) is 6.75. The van der Waals surface area contributed by atoms with E-state index in [2.05, 4.69) is 5.32 Å². The SMILES string of the molecule is Cc1cccc(OC2CN(C(=O)N[C@@H]3C[C@H]4C(=O)N(C)CC(=O)N4C3)C2)c1. The van der Waals surface area contributed by atoms with Crippen molar-refractivity contribution in [3.05, 3.63) is 29.8 Å². The lowest BCUT2D eigenvalue weighted by Gasteiger charge is -2.39. The molecule has 3 aliphatic rings. The van der Waals surface area contributed by atoms with Crippen molar-refractivity contribution in [3.8, 4) is 5.75 Å². The van der Waals surface area contributed by atoms with E-state index in [1.165, 1.54) is 4.90 Å². The Kier molecular flexibility index (Phi) is 4.41. The van der Waals surface area contributed by atoms with Crippen LogP contribution >= 0.6 is 0 Å². The van der Waals surface area contributed by atoms with Gasteiger partial charge in [0.2, 0.25) is 11.8 Å². The van der Waals surface area contributed by atoms with E-state index in [9.17, 15) is 14.4 Å². The monoisotopic (exact) mass is 372 g/mol. The number of likely N-dealkylation sites (tertiary alicyclic amines) is 1. The predicted molar refractivity (Wildman–Crippen MR) is 97.2 cm³/mol. The highest BCUT2D eigenvalue weighted by Gasteiger charge is 2.45. The normalized spacial score (nSPS) is 25.3. The van der Waals surface area contributed by atoms with Gasteiger partial charge in [-0.15, -0.1) is 0 Å². The predicted octanol–water partition coefficient (Wildman–Crippen LogP) is 0.209. The summed E-state index contributed by atoms with van der Waals surface area (Å²) in [5.74, 6) is 0.699. The molecule has 1 aromatic carbocycles. The molecular formula is C19H24N4O4. The van der Waals surface area contributed by atoms with Gasteiger partial charge in [-0.1, -0.05) is 12.1 Å². The number of hydrogen-bond donors (Lipinski definition) is 1. The summed E-state index contributed by atoms with van der Waals surface area (Å²) in [6.07, 6.45) is 0.460. The van der Waals surface area contributed by atoms with Crippen molar-refractivity contribution in [2.24, 2.45) is 0 Å². The maximum atomic E-state index is 12.4. The Hall–Kier alpha value is -2.77. The van der Waals surface area contributed by atoms with E-state index in [0.29, 0.717) is 26.1 Å². The molecule has 1 aromatic rings. The molecule has 0 bridgehead atoms. The van der Waals surface area contributed by atoms with E-state index in [4.69, 9.17) is 4.74 Å². The number of benzene rings is 1. The Bertz CT molecular complexity index is 777. The zero-order valence-corrected chi connectivity index (χ0v) is 15.6. The van der Waals surface area contributed by atoms with Crippen LogP contribution in [0.2, 0.25) is 0 Å². The van der Waals surface area contributed by atoms with E-state index >= 15 is 0 Å². The number of likely N-dealkylation sites (N-methyl/N-ethyl adjacent to an activating group) is 1. The second-order valence-electron chi connectivity index (χ2n) is 7.60. The summed E-state index contributed by atoms with van der Waals surface area (Å²) < 4.78 is 5.87. The number of hydrogen-bond acceptors (Lipinski definition) is 4. The molecule has 0 aliphatic carbocycles. The minimum absolute atomic E-state index is 0.00994. The average Bonchev–Trinajstić information content (AvgIpc) is 3.00. The van der Waals surface area contributed by atoms with E-state index in [-0.39, 0.29) is 36.5 Å². The molecule has 3 aliphatic heterocycles. The third kappa shape index (κ3) is 3.43. The van der Waals surface area contributed by atoms with Crippen LogP contribution in [0.4, 0.5) is 4.79 Å². The fraction of sp³-hybridized carbons (Fsp3) is 0.526. The lowest BCUT2D eigenvalue weighted by atomic mass is 10.1. The average molecular weight is 372 g/mol. The number of rotatable bonds is 3. The number of nitrogens with one attached hydrogen (secondary N) is 1. The van der Waals surface area contributed by atoms with Gasteiger partial charge >= 0.3 is 6.03 Å². The van der Waals surface area contributed by atoms with E-state index < -0.39 is 6.04 Å². The Labute approximate surface area is 158 Å². The molecule has 8 nitrogen and oxygen atoms in total. The summed E-state index contributed by atoms with van der Waals surface area (Å²) in [7, 11) is 1.64. The minimum Gasteiger partial charge on any atom is -0.487 e. The summed E-state index contributed by atoms with van der Waals surface area (Å²) in [5.41, 5.74) is 1.13. The van der Waals surface area contributed by atoms with Gasteiger partial charge in [0.15, 0.2) is 0 Å². The minimum atomic E-state index is -0.449. The number of aryl methyl sites for hydroxylation is 1. The number of fused-ring (bicyclic) bond motifs is 1. The molecule has 3 fully saturated rings. The van der Waals surface area contributed by atoms with Crippen molar-refractivity contribution in [1.82, 2.24) is 20.0 Å². The lowest BCUT2D eigenvalue weighted by molar-refractivity contribution is -0.152. The highest BCUT2D eigenvalue weighted by Crippen LogP contribution is 2.24. The Morgan fingerprint density at radius 2 is 2.00 bits per heavy atom. The summed E-state index contributed by atoms with van der Waals surface area (Å²) in [4.78, 5) is 41.5. The fourth-order valence-corrected chi connectivity index (χ4v) is 3.90. The molecule has 2 atom stereocenters. The van der Waals surface area contributed by atoms with Crippen molar-refractivity contribution in [2.75, 3.05) is 33.2 Å². The smallest absolute Gasteiger partial charge is 0.317 e. The van der Waals surface area contributed by atoms with E-state index in [1.807, 2.05) is 31.2 Å². The Balaban J connectivity index is 1.26. The van der Waals surface area contributed by atoms with Gasteiger partial charge in [0.25, 0.3) is 0 Å². The number of piperazine rings is 1. The number of urea groups is 1. The Morgan fingerprint density at radius 3 is 2.74 bits per heavy atom. The van der Waals surface area contributed by atoms with Gasteiger partial charge < -0.3 is 24.8 Å². The lowest BCUT2D eigenvalue weighted by Crippen LogP contribution is -2.60. The molecule has 0 aromatic heterocycles. The van der Waals surface area contributed by atoms with Crippen LogP contribution in [0.25, 0.3) is 0 Å². The quantitative estimate of drug-likeness (QED) is 0.822. The van der Waals surface area contributed by atoms with E-state index in [1.54, 1.807) is 16.8 Å². The molecular weight excluding hydrogens is 348 g/mol. The van der Waals surface area contributed by atoms with Crippen LogP contribution in [0.1, 0.15) is 12.0 Å². The van der Waals surface area contributed by atoms with Crippen LogP contribution in [0, 0.1) is 6.92 Å². The van der Waals surface area contributed by atoms with Crippen LogP contribution in [0.3, 0.4) is 0 Å². The molecule has 3 heterocycles. The zero-order valence-electron chi connectivity index (χ0n) is 15.6. The molecule has 3 saturated heterocycles. The van der Waals surface area contributed by atoms with Gasteiger partial charge in [0.05, 0.1) is 25.7 Å². The molecule has 4 amide bonds. The zero-order chi connectivity index (χ0) is 19.1. The third-order valence-corrected chi connectivity index (χ3v) is 5.41. The van der Waals surface area contributed by atoms with Crippen molar-refractivity contribution in [3.63, 3.8) is 0 Å². The molecule has 0 unspecified atom stereocenters. The third-order valence-electron chi connectivity index (χ3n) is 5.41. The van der Waals surface area contributed by atoms with Gasteiger partial charge in [-0.3, -0.25) is 9.59 Å². The number of ether oxygens (including phenoxy) is 1. The van der Waals surface area contributed by atoms with E-state index in [0.717, 1.165) is 11.3 Å². The molecule has 0 saturated carbocycles. The van der Waals surface area contributed by atoms with Crippen LogP contribution in [0.5, 0.6) is 5.75 Å². The number of nitrogens with zero attached hydrogens (tertiary/aromatic N) is 3. The molecule has 144 valence electrons. The summed E-state index contributed by atoms with van der Waals surface area (Å²) >= 11 is 0.